The summed E-state index contributed by atoms with van der Waals surface area (Å²) in [7, 11) is -4.54. The zero-order valence-corrected chi connectivity index (χ0v) is 11.9. The molecule has 1 N–H and O–H groups in total. The Kier molecular flexibility index (Phi) is 5.07. The maximum atomic E-state index is 13.6. The van der Waals surface area contributed by atoms with E-state index < -0.39 is 49.0 Å². The molecule has 0 fully saturated rings. The SMILES string of the molecule is CCC(=O)C(C)NS(=O)(=O)c1cc([N+](=O)[O-])c(F)cc1F. The normalized spacial score (nSPS) is 13.0. The summed E-state index contributed by atoms with van der Waals surface area (Å²) in [6, 6.07) is -0.752. The number of ketones is 1. The molecular weight excluding hydrogens is 310 g/mol. The summed E-state index contributed by atoms with van der Waals surface area (Å²) in [4.78, 5) is 19.6. The van der Waals surface area contributed by atoms with E-state index in [1.165, 1.54) is 13.8 Å². The minimum atomic E-state index is -4.54. The molecule has 116 valence electrons. The highest BCUT2D eigenvalue weighted by Crippen LogP contribution is 2.24. The summed E-state index contributed by atoms with van der Waals surface area (Å²) in [5.74, 6) is -3.42. The van der Waals surface area contributed by atoms with Crippen molar-refractivity contribution >= 4 is 21.5 Å². The number of hydrogen-bond donors (Lipinski definition) is 1. The lowest BCUT2D eigenvalue weighted by atomic mass is 10.2. The second kappa shape index (κ2) is 6.22. The molecule has 0 bridgehead atoms. The Morgan fingerprint density at radius 3 is 2.43 bits per heavy atom. The van der Waals surface area contributed by atoms with Crippen molar-refractivity contribution in [3.05, 3.63) is 33.9 Å². The van der Waals surface area contributed by atoms with Gasteiger partial charge in [0.15, 0.2) is 0 Å². The first-order chi connectivity index (χ1) is 9.60. The van der Waals surface area contributed by atoms with Gasteiger partial charge in [-0.05, 0) is 6.92 Å². The molecule has 1 aromatic rings. The first-order valence-corrected chi connectivity index (χ1v) is 7.27. The largest absolute Gasteiger partial charge is 0.306 e. The number of sulfonamides is 1. The quantitative estimate of drug-likeness (QED) is 0.631. The van der Waals surface area contributed by atoms with E-state index in [9.17, 15) is 32.1 Å². The maximum absolute atomic E-state index is 13.6. The van der Waals surface area contributed by atoms with Crippen molar-refractivity contribution in [2.45, 2.75) is 31.2 Å². The summed E-state index contributed by atoms with van der Waals surface area (Å²) < 4.78 is 52.5. The molecule has 0 aliphatic carbocycles. The van der Waals surface area contributed by atoms with Gasteiger partial charge in [0.1, 0.15) is 16.5 Å². The molecule has 0 amide bonds. The van der Waals surface area contributed by atoms with Crippen LogP contribution in [-0.2, 0) is 14.8 Å². The van der Waals surface area contributed by atoms with E-state index >= 15 is 0 Å². The average Bonchev–Trinajstić information content (AvgIpc) is 2.36. The van der Waals surface area contributed by atoms with E-state index in [-0.39, 0.29) is 18.6 Å². The number of Topliss-reactive ketones (excluding diaryl/α,β-unsaturated/α-hetero) is 1. The van der Waals surface area contributed by atoms with Crippen molar-refractivity contribution in [1.29, 1.82) is 0 Å². The number of nitro benzene ring substituents is 1. The zero-order valence-electron chi connectivity index (χ0n) is 11.1. The fourth-order valence-electron chi connectivity index (χ4n) is 1.53. The first kappa shape index (κ1) is 17.1. The van der Waals surface area contributed by atoms with Gasteiger partial charge in [0, 0.05) is 18.6 Å². The number of benzene rings is 1. The number of nitro groups is 1. The highest BCUT2D eigenvalue weighted by Gasteiger charge is 2.28. The van der Waals surface area contributed by atoms with Crippen LogP contribution in [0.25, 0.3) is 0 Å². The number of halogens is 2. The minimum Gasteiger partial charge on any atom is -0.298 e. The van der Waals surface area contributed by atoms with E-state index in [1.807, 2.05) is 4.72 Å². The number of hydrogen-bond acceptors (Lipinski definition) is 5. The molecule has 1 rings (SSSR count). The summed E-state index contributed by atoms with van der Waals surface area (Å²) in [6.45, 7) is 2.76. The van der Waals surface area contributed by atoms with Gasteiger partial charge in [-0.2, -0.15) is 4.39 Å². The fourth-order valence-corrected chi connectivity index (χ4v) is 2.84. The van der Waals surface area contributed by atoms with Gasteiger partial charge < -0.3 is 0 Å². The molecule has 0 heterocycles. The lowest BCUT2D eigenvalue weighted by Crippen LogP contribution is -2.38. The molecule has 21 heavy (non-hydrogen) atoms. The zero-order chi connectivity index (χ0) is 16.4. The Hall–Kier alpha value is -1.94. The molecule has 0 spiro atoms. The van der Waals surface area contributed by atoms with Gasteiger partial charge >= 0.3 is 5.69 Å². The lowest BCUT2D eigenvalue weighted by Gasteiger charge is -2.13. The van der Waals surface area contributed by atoms with Crippen LogP contribution < -0.4 is 4.72 Å². The van der Waals surface area contributed by atoms with Crippen molar-refractivity contribution in [3.63, 3.8) is 0 Å². The number of carbonyl (C=O) groups excluding carboxylic acids is 1. The van der Waals surface area contributed by atoms with Gasteiger partial charge in [0.05, 0.1) is 11.0 Å². The number of carbonyl (C=O) groups is 1. The molecule has 7 nitrogen and oxygen atoms in total. The minimum absolute atomic E-state index is 0.0513. The number of nitrogens with one attached hydrogen (secondary N) is 1. The van der Waals surface area contributed by atoms with E-state index in [0.29, 0.717) is 0 Å². The molecule has 0 aromatic heterocycles. The van der Waals surface area contributed by atoms with Crippen LogP contribution in [-0.4, -0.2) is 25.2 Å². The van der Waals surface area contributed by atoms with Crippen molar-refractivity contribution in [2.75, 3.05) is 0 Å². The van der Waals surface area contributed by atoms with Gasteiger partial charge in [-0.3, -0.25) is 14.9 Å². The van der Waals surface area contributed by atoms with E-state index in [2.05, 4.69) is 0 Å². The molecule has 10 heteroatoms. The summed E-state index contributed by atoms with van der Waals surface area (Å²) in [5.41, 5.74) is -1.17. The lowest BCUT2D eigenvalue weighted by molar-refractivity contribution is -0.387. The smallest absolute Gasteiger partial charge is 0.298 e. The third-order valence-corrected chi connectivity index (χ3v) is 4.21. The van der Waals surface area contributed by atoms with Crippen LogP contribution in [0.1, 0.15) is 20.3 Å². The van der Waals surface area contributed by atoms with Gasteiger partial charge in [0.2, 0.25) is 15.8 Å². The Balaban J connectivity index is 3.29. The molecule has 0 radical (unpaired) electrons. The highest BCUT2D eigenvalue weighted by atomic mass is 32.2. The predicted molar refractivity (Wildman–Crippen MR) is 68.1 cm³/mol. The van der Waals surface area contributed by atoms with Gasteiger partial charge in [-0.15, -0.1) is 0 Å². The van der Waals surface area contributed by atoms with Gasteiger partial charge in [-0.25, -0.2) is 17.5 Å². The topological polar surface area (TPSA) is 106 Å². The van der Waals surface area contributed by atoms with Crippen molar-refractivity contribution in [1.82, 2.24) is 4.72 Å². The van der Waals surface area contributed by atoms with Crippen molar-refractivity contribution in [3.8, 4) is 0 Å². The first-order valence-electron chi connectivity index (χ1n) is 5.78. The van der Waals surface area contributed by atoms with Crippen LogP contribution in [0.5, 0.6) is 0 Å². The summed E-state index contributed by atoms with van der Waals surface area (Å²) in [6.07, 6.45) is 0.0513. The van der Waals surface area contributed by atoms with Crippen LogP contribution in [0.3, 0.4) is 0 Å². The number of rotatable bonds is 6. The Morgan fingerprint density at radius 2 is 1.95 bits per heavy atom. The van der Waals surface area contributed by atoms with E-state index in [4.69, 9.17) is 0 Å². The van der Waals surface area contributed by atoms with Crippen LogP contribution in [0.15, 0.2) is 17.0 Å². The predicted octanol–water partition coefficient (Wildman–Crippen LogP) is 1.52. The Bertz CT molecular complexity index is 690. The molecule has 1 aromatic carbocycles. The average molecular weight is 322 g/mol. The van der Waals surface area contributed by atoms with Crippen LogP contribution in [0.4, 0.5) is 14.5 Å². The fraction of sp³-hybridized carbons (Fsp3) is 0.364. The molecule has 0 aliphatic rings. The van der Waals surface area contributed by atoms with Crippen LogP contribution in [0.2, 0.25) is 0 Å². The molecular formula is C11H12F2N2O5S. The second-order valence-corrected chi connectivity index (χ2v) is 5.84. The Morgan fingerprint density at radius 1 is 1.38 bits per heavy atom. The monoisotopic (exact) mass is 322 g/mol. The highest BCUT2D eigenvalue weighted by molar-refractivity contribution is 7.89. The number of nitrogens with zero attached hydrogens (tertiary/aromatic N) is 1. The van der Waals surface area contributed by atoms with E-state index in [1.54, 1.807) is 0 Å². The third-order valence-electron chi connectivity index (χ3n) is 2.65. The Labute approximate surface area is 119 Å². The molecule has 1 unspecified atom stereocenters. The standard InChI is InChI=1S/C11H12F2N2O5S/c1-3-10(16)6(2)14-21(19,20)11-5-9(15(17)18)7(12)4-8(11)13/h4-6,14H,3H2,1-2H3. The van der Waals surface area contributed by atoms with Gasteiger partial charge in [-0.1, -0.05) is 6.92 Å². The van der Waals surface area contributed by atoms with Crippen LogP contribution >= 0.6 is 0 Å². The van der Waals surface area contributed by atoms with Gasteiger partial charge in [0.25, 0.3) is 0 Å². The second-order valence-electron chi connectivity index (χ2n) is 4.15. The molecule has 0 saturated carbocycles. The van der Waals surface area contributed by atoms with Crippen LogP contribution in [0, 0.1) is 21.7 Å². The van der Waals surface area contributed by atoms with Crippen molar-refractivity contribution in [2.24, 2.45) is 0 Å². The van der Waals surface area contributed by atoms with Crippen molar-refractivity contribution < 1.29 is 26.9 Å². The van der Waals surface area contributed by atoms with E-state index in [0.717, 1.165) is 0 Å². The summed E-state index contributed by atoms with van der Waals surface area (Å²) in [5, 5.41) is 10.6. The molecule has 1 atom stereocenters. The maximum Gasteiger partial charge on any atom is 0.306 e. The molecule has 0 saturated heterocycles. The summed E-state index contributed by atoms with van der Waals surface area (Å²) >= 11 is 0. The molecule has 0 aliphatic heterocycles. The third kappa shape index (κ3) is 3.79.